The Kier molecular flexibility index (Phi) is 5.72. The Balaban J connectivity index is 4.68. The Morgan fingerprint density at radius 2 is 1.59 bits per heavy atom. The van der Waals surface area contributed by atoms with E-state index in [1.165, 1.54) is 11.8 Å². The molecule has 0 rings (SSSR count). The molecular formula is C13H24O3S. The monoisotopic (exact) mass is 260 g/mol. The average molecular weight is 260 g/mol. The van der Waals surface area contributed by atoms with Crippen LogP contribution in [0.4, 0.5) is 0 Å². The number of carbonyl (C=O) groups is 2. The summed E-state index contributed by atoms with van der Waals surface area (Å²) in [7, 11) is 0. The van der Waals surface area contributed by atoms with Crippen LogP contribution in [0.2, 0.25) is 0 Å². The number of carbonyl (C=O) groups excluding carboxylic acids is 1. The molecule has 0 aliphatic rings. The van der Waals surface area contributed by atoms with Gasteiger partial charge in [-0.15, -0.1) is 11.8 Å². The van der Waals surface area contributed by atoms with Crippen molar-refractivity contribution in [2.45, 2.75) is 64.4 Å². The Labute approximate surface area is 108 Å². The molecule has 3 nitrogen and oxygen atoms in total. The number of aliphatic carboxylic acids is 1. The summed E-state index contributed by atoms with van der Waals surface area (Å²) in [5.74, 6) is -0.867. The third-order valence-corrected chi connectivity index (χ3v) is 3.34. The third-order valence-electron chi connectivity index (χ3n) is 1.92. The summed E-state index contributed by atoms with van der Waals surface area (Å²) in [5, 5.41) is 8.42. The topological polar surface area (TPSA) is 54.4 Å². The van der Waals surface area contributed by atoms with Crippen LogP contribution < -0.4 is 0 Å². The maximum atomic E-state index is 12.1. The lowest BCUT2D eigenvalue weighted by Crippen LogP contribution is -2.29. The van der Waals surface area contributed by atoms with Crippen molar-refractivity contribution >= 4 is 23.5 Å². The maximum absolute atomic E-state index is 12.1. The quantitative estimate of drug-likeness (QED) is 0.823. The second kappa shape index (κ2) is 5.89. The molecular weight excluding hydrogens is 236 g/mol. The number of carboxylic acids is 1. The van der Waals surface area contributed by atoms with E-state index in [0.717, 1.165) is 0 Å². The van der Waals surface area contributed by atoms with Crippen molar-refractivity contribution in [1.82, 2.24) is 0 Å². The second-order valence-corrected chi connectivity index (χ2v) is 8.55. The number of rotatable bonds is 5. The zero-order chi connectivity index (χ0) is 13.9. The van der Waals surface area contributed by atoms with E-state index in [0.29, 0.717) is 6.42 Å². The molecule has 4 heteroatoms. The first-order valence-corrected chi connectivity index (χ1v) is 6.71. The summed E-state index contributed by atoms with van der Waals surface area (Å²) in [6.45, 7) is 12.0. The van der Waals surface area contributed by atoms with Gasteiger partial charge < -0.3 is 5.11 Å². The average Bonchev–Trinajstić information content (AvgIpc) is 1.95. The molecule has 0 saturated heterocycles. The van der Waals surface area contributed by atoms with E-state index in [2.05, 4.69) is 0 Å². The standard InChI is InChI=1S/C13H24O3S/c1-12(2,3)8-9(14)10(7-11(15)16)17-13(4,5)6/h10H,7-8H2,1-6H3,(H,15,16). The summed E-state index contributed by atoms with van der Waals surface area (Å²) in [6.07, 6.45) is 0.338. The Bertz CT molecular complexity index is 284. The fraction of sp³-hybridized carbons (Fsp3) is 0.846. The summed E-state index contributed by atoms with van der Waals surface area (Å²) in [6, 6.07) is 0. The van der Waals surface area contributed by atoms with Gasteiger partial charge in [-0.2, -0.15) is 0 Å². The predicted octanol–water partition coefficient (Wildman–Crippen LogP) is 3.37. The van der Waals surface area contributed by atoms with Crippen LogP contribution in [0, 0.1) is 5.41 Å². The van der Waals surface area contributed by atoms with Crippen molar-refractivity contribution in [2.24, 2.45) is 5.41 Å². The number of thioether (sulfide) groups is 1. The van der Waals surface area contributed by atoms with Crippen molar-refractivity contribution < 1.29 is 14.7 Å². The van der Waals surface area contributed by atoms with Crippen molar-refractivity contribution in [1.29, 1.82) is 0 Å². The van der Waals surface area contributed by atoms with Crippen LogP contribution in [0.5, 0.6) is 0 Å². The summed E-state index contributed by atoms with van der Waals surface area (Å²) in [4.78, 5) is 22.9. The van der Waals surface area contributed by atoms with E-state index < -0.39 is 11.2 Å². The summed E-state index contributed by atoms with van der Waals surface area (Å²) in [5.41, 5.74) is -0.0910. The van der Waals surface area contributed by atoms with Gasteiger partial charge in [-0.3, -0.25) is 9.59 Å². The first-order chi connectivity index (χ1) is 7.41. The van der Waals surface area contributed by atoms with Crippen molar-refractivity contribution in [2.75, 3.05) is 0 Å². The van der Waals surface area contributed by atoms with Gasteiger partial charge in [-0.05, 0) is 5.41 Å². The van der Waals surface area contributed by atoms with Gasteiger partial charge in [0.15, 0.2) is 0 Å². The van der Waals surface area contributed by atoms with E-state index >= 15 is 0 Å². The molecule has 0 aromatic rings. The fourth-order valence-corrected chi connectivity index (χ4v) is 2.74. The number of hydrogen-bond donors (Lipinski definition) is 1. The van der Waals surface area contributed by atoms with Crippen LogP contribution in [-0.2, 0) is 9.59 Å². The molecule has 0 aliphatic heterocycles. The van der Waals surface area contributed by atoms with Gasteiger partial charge in [0, 0.05) is 11.2 Å². The highest BCUT2D eigenvalue weighted by Crippen LogP contribution is 2.33. The first kappa shape index (κ1) is 16.5. The smallest absolute Gasteiger partial charge is 0.304 e. The van der Waals surface area contributed by atoms with Crippen LogP contribution in [-0.4, -0.2) is 26.9 Å². The molecule has 100 valence electrons. The van der Waals surface area contributed by atoms with Crippen LogP contribution in [0.15, 0.2) is 0 Å². The molecule has 1 N–H and O–H groups in total. The minimum Gasteiger partial charge on any atom is -0.481 e. The molecule has 0 amide bonds. The van der Waals surface area contributed by atoms with Crippen LogP contribution in [0.1, 0.15) is 54.4 Å². The van der Waals surface area contributed by atoms with E-state index in [-0.39, 0.29) is 22.4 Å². The van der Waals surface area contributed by atoms with Crippen LogP contribution >= 0.6 is 11.8 Å². The SMILES string of the molecule is CC(C)(C)CC(=O)C(CC(=O)O)SC(C)(C)C. The second-order valence-electron chi connectivity index (χ2n) is 6.52. The van der Waals surface area contributed by atoms with Crippen molar-refractivity contribution in [3.63, 3.8) is 0 Å². The largest absolute Gasteiger partial charge is 0.481 e. The molecule has 0 heterocycles. The van der Waals surface area contributed by atoms with Crippen molar-refractivity contribution in [3.05, 3.63) is 0 Å². The molecule has 1 atom stereocenters. The molecule has 0 fully saturated rings. The first-order valence-electron chi connectivity index (χ1n) is 5.83. The Morgan fingerprint density at radius 3 is 1.88 bits per heavy atom. The number of carboxylic acid groups (broad SMARTS) is 1. The van der Waals surface area contributed by atoms with Crippen LogP contribution in [0.25, 0.3) is 0 Å². The third kappa shape index (κ3) is 9.22. The maximum Gasteiger partial charge on any atom is 0.304 e. The lowest BCUT2D eigenvalue weighted by molar-refractivity contribution is -0.138. The highest BCUT2D eigenvalue weighted by molar-refractivity contribution is 8.01. The van der Waals surface area contributed by atoms with Gasteiger partial charge in [0.05, 0.1) is 11.7 Å². The molecule has 0 radical (unpaired) electrons. The summed E-state index contributed by atoms with van der Waals surface area (Å²) >= 11 is 1.45. The normalized spacial score (nSPS) is 14.5. The van der Waals surface area contributed by atoms with E-state index in [4.69, 9.17) is 5.11 Å². The Hall–Kier alpha value is -0.510. The van der Waals surface area contributed by atoms with Crippen LogP contribution in [0.3, 0.4) is 0 Å². The number of hydrogen-bond acceptors (Lipinski definition) is 3. The van der Waals surface area contributed by atoms with Gasteiger partial charge >= 0.3 is 5.97 Å². The highest BCUT2D eigenvalue weighted by atomic mass is 32.2. The predicted molar refractivity (Wildman–Crippen MR) is 72.5 cm³/mol. The molecule has 0 aromatic carbocycles. The van der Waals surface area contributed by atoms with E-state index in [1.807, 2.05) is 41.5 Å². The van der Waals surface area contributed by atoms with Gasteiger partial charge in [-0.25, -0.2) is 0 Å². The van der Waals surface area contributed by atoms with Gasteiger partial charge in [0.2, 0.25) is 0 Å². The number of Topliss-reactive ketones (excluding diaryl/α,β-unsaturated/α-hetero) is 1. The number of ketones is 1. The van der Waals surface area contributed by atoms with E-state index in [1.54, 1.807) is 0 Å². The zero-order valence-corrected chi connectivity index (χ0v) is 12.5. The van der Waals surface area contributed by atoms with Gasteiger partial charge in [-0.1, -0.05) is 41.5 Å². The molecule has 1 unspecified atom stereocenters. The van der Waals surface area contributed by atoms with E-state index in [9.17, 15) is 9.59 Å². The van der Waals surface area contributed by atoms with Gasteiger partial charge in [0.25, 0.3) is 0 Å². The van der Waals surface area contributed by atoms with Crippen molar-refractivity contribution in [3.8, 4) is 0 Å². The minimum atomic E-state index is -0.908. The fourth-order valence-electron chi connectivity index (χ4n) is 1.44. The minimum absolute atomic E-state index is 0.0415. The van der Waals surface area contributed by atoms with Gasteiger partial charge in [0.1, 0.15) is 5.78 Å². The lowest BCUT2D eigenvalue weighted by Gasteiger charge is -2.26. The molecule has 0 aliphatic carbocycles. The highest BCUT2D eigenvalue weighted by Gasteiger charge is 2.29. The summed E-state index contributed by atoms with van der Waals surface area (Å²) < 4.78 is -0.104. The molecule has 0 bridgehead atoms. The zero-order valence-electron chi connectivity index (χ0n) is 11.7. The molecule has 0 aromatic heterocycles. The molecule has 0 spiro atoms. The Morgan fingerprint density at radius 1 is 1.12 bits per heavy atom. The molecule has 0 saturated carbocycles. The molecule has 17 heavy (non-hydrogen) atoms. The lowest BCUT2D eigenvalue weighted by atomic mass is 9.88.